The number of amides is 1. The fourth-order valence-electron chi connectivity index (χ4n) is 5.86. The predicted molar refractivity (Wildman–Crippen MR) is 96.4 cm³/mol. The number of hydrogen-bond donors (Lipinski definition) is 3. The second kappa shape index (κ2) is 5.44. The van der Waals surface area contributed by atoms with E-state index in [4.69, 9.17) is 11.6 Å². The number of aliphatic hydroxyl groups is 1. The van der Waals surface area contributed by atoms with Gasteiger partial charge in [-0.3, -0.25) is 4.79 Å². The summed E-state index contributed by atoms with van der Waals surface area (Å²) in [5.41, 5.74) is 1.11. The van der Waals surface area contributed by atoms with Gasteiger partial charge in [0.05, 0.1) is 11.6 Å². The van der Waals surface area contributed by atoms with E-state index in [1.54, 1.807) is 6.07 Å². The molecule has 0 aromatic heterocycles. The molecule has 1 aliphatic heterocycles. The van der Waals surface area contributed by atoms with E-state index in [0.29, 0.717) is 42.7 Å². The van der Waals surface area contributed by atoms with Crippen molar-refractivity contribution in [3.05, 3.63) is 22.7 Å². The summed E-state index contributed by atoms with van der Waals surface area (Å²) in [6.45, 7) is 0.0278. The first-order valence-electron chi connectivity index (χ1n) is 9.12. The number of carbonyl (C=O) groups excluding carboxylic acids is 1. The number of fused-ring (bicyclic) bond motifs is 1. The summed E-state index contributed by atoms with van der Waals surface area (Å²) >= 11 is 6.30. The van der Waals surface area contributed by atoms with Crippen LogP contribution < -0.4 is 10.0 Å². The van der Waals surface area contributed by atoms with Crippen molar-refractivity contribution in [2.75, 3.05) is 11.9 Å². The smallest absolute Gasteiger partial charge is 0.242 e. The van der Waals surface area contributed by atoms with Gasteiger partial charge in [-0.05, 0) is 61.1 Å². The number of nitrogens with one attached hydrogen (secondary N) is 2. The average molecular weight is 397 g/mol. The Morgan fingerprint density at radius 2 is 2.00 bits per heavy atom. The molecular weight excluding hydrogens is 376 g/mol. The lowest BCUT2D eigenvalue weighted by Crippen LogP contribution is -2.43. The maximum absolute atomic E-state index is 13.1. The van der Waals surface area contributed by atoms with Gasteiger partial charge >= 0.3 is 0 Å². The van der Waals surface area contributed by atoms with Gasteiger partial charge in [-0.2, -0.15) is 0 Å². The van der Waals surface area contributed by atoms with Crippen LogP contribution in [0.4, 0.5) is 5.69 Å². The summed E-state index contributed by atoms with van der Waals surface area (Å²) in [6.07, 6.45) is 3.80. The van der Waals surface area contributed by atoms with E-state index >= 15 is 0 Å². The molecule has 140 valence electrons. The van der Waals surface area contributed by atoms with E-state index in [9.17, 15) is 18.3 Å². The van der Waals surface area contributed by atoms with Crippen molar-refractivity contribution in [1.82, 2.24) is 4.72 Å². The van der Waals surface area contributed by atoms with Crippen LogP contribution in [0.15, 0.2) is 17.0 Å². The number of anilines is 1. The van der Waals surface area contributed by atoms with Gasteiger partial charge in [-0.25, -0.2) is 13.1 Å². The minimum absolute atomic E-state index is 0.00509. The quantitative estimate of drug-likeness (QED) is 0.724. The predicted octanol–water partition coefficient (Wildman–Crippen LogP) is 1.91. The lowest BCUT2D eigenvalue weighted by Gasteiger charge is -2.24. The molecule has 4 saturated carbocycles. The number of halogens is 1. The molecule has 4 aliphatic carbocycles. The van der Waals surface area contributed by atoms with E-state index in [1.807, 2.05) is 0 Å². The van der Waals surface area contributed by atoms with Crippen LogP contribution in [0.5, 0.6) is 0 Å². The molecule has 3 N–H and O–H groups in total. The van der Waals surface area contributed by atoms with Crippen LogP contribution in [-0.2, 0) is 21.2 Å². The van der Waals surface area contributed by atoms with Gasteiger partial charge in [-0.1, -0.05) is 11.6 Å². The van der Waals surface area contributed by atoms with Crippen LogP contribution in [0.3, 0.4) is 0 Å². The molecule has 1 heterocycles. The van der Waals surface area contributed by atoms with Crippen LogP contribution in [0, 0.1) is 23.2 Å². The molecule has 8 heteroatoms. The monoisotopic (exact) mass is 396 g/mol. The molecule has 4 fully saturated rings. The van der Waals surface area contributed by atoms with Crippen LogP contribution in [0.25, 0.3) is 0 Å². The third-order valence-corrected chi connectivity index (χ3v) is 8.95. The molecule has 6 rings (SSSR count). The van der Waals surface area contributed by atoms with Gasteiger partial charge in [0.1, 0.15) is 4.90 Å². The van der Waals surface area contributed by atoms with Gasteiger partial charge in [0.15, 0.2) is 0 Å². The zero-order valence-electron chi connectivity index (χ0n) is 14.2. The van der Waals surface area contributed by atoms with Crippen molar-refractivity contribution in [2.24, 2.45) is 23.2 Å². The van der Waals surface area contributed by atoms with Gasteiger partial charge in [0.25, 0.3) is 0 Å². The summed E-state index contributed by atoms with van der Waals surface area (Å²) in [4.78, 5) is 11.8. The highest BCUT2D eigenvalue weighted by Crippen LogP contribution is 2.78. The maximum atomic E-state index is 13.1. The Morgan fingerprint density at radius 3 is 2.69 bits per heavy atom. The molecule has 4 bridgehead atoms. The first kappa shape index (κ1) is 17.0. The normalized spacial score (nSPS) is 37.2. The molecule has 3 unspecified atom stereocenters. The summed E-state index contributed by atoms with van der Waals surface area (Å²) < 4.78 is 29.0. The minimum Gasteiger partial charge on any atom is -0.396 e. The third-order valence-electron chi connectivity index (χ3n) is 7.05. The Hall–Kier alpha value is -1.15. The Morgan fingerprint density at radius 1 is 1.27 bits per heavy atom. The zero-order chi connectivity index (χ0) is 18.3. The highest BCUT2D eigenvalue weighted by molar-refractivity contribution is 7.89. The number of sulfonamides is 1. The first-order valence-corrected chi connectivity index (χ1v) is 11.0. The number of aliphatic hydroxyl groups excluding tert-OH is 1. The van der Waals surface area contributed by atoms with Crippen LogP contribution in [0.1, 0.15) is 31.2 Å². The summed E-state index contributed by atoms with van der Waals surface area (Å²) in [7, 11) is -3.84. The van der Waals surface area contributed by atoms with Gasteiger partial charge in [-0.15, -0.1) is 0 Å². The molecule has 5 aliphatic rings. The van der Waals surface area contributed by atoms with Crippen molar-refractivity contribution in [3.63, 3.8) is 0 Å². The van der Waals surface area contributed by atoms with Crippen molar-refractivity contribution >= 4 is 33.2 Å². The Labute approximate surface area is 157 Å². The third kappa shape index (κ3) is 2.17. The average Bonchev–Trinajstić information content (AvgIpc) is 2.84. The minimum atomic E-state index is -3.84. The van der Waals surface area contributed by atoms with Crippen LogP contribution in [-0.4, -0.2) is 32.1 Å². The second-order valence-corrected chi connectivity index (χ2v) is 10.2. The molecule has 26 heavy (non-hydrogen) atoms. The van der Waals surface area contributed by atoms with Gasteiger partial charge in [0, 0.05) is 23.6 Å². The van der Waals surface area contributed by atoms with Gasteiger partial charge in [0.2, 0.25) is 15.9 Å². The highest BCUT2D eigenvalue weighted by Gasteiger charge is 2.79. The molecule has 0 radical (unpaired) electrons. The number of carbonyl (C=O) groups is 1. The van der Waals surface area contributed by atoms with Crippen LogP contribution in [0.2, 0.25) is 5.02 Å². The molecule has 1 aromatic carbocycles. The van der Waals surface area contributed by atoms with E-state index in [0.717, 1.165) is 18.4 Å². The van der Waals surface area contributed by atoms with Crippen molar-refractivity contribution in [3.8, 4) is 0 Å². The number of benzene rings is 1. The lowest BCUT2D eigenvalue weighted by molar-refractivity contribution is -0.116. The van der Waals surface area contributed by atoms with Crippen molar-refractivity contribution in [1.29, 1.82) is 0 Å². The number of hydrogen-bond acceptors (Lipinski definition) is 4. The lowest BCUT2D eigenvalue weighted by atomic mass is 10.00. The van der Waals surface area contributed by atoms with Crippen molar-refractivity contribution in [2.45, 2.75) is 43.0 Å². The molecule has 3 atom stereocenters. The fourth-order valence-corrected chi connectivity index (χ4v) is 7.82. The van der Waals surface area contributed by atoms with E-state index in [1.165, 1.54) is 6.07 Å². The Bertz CT molecular complexity index is 904. The fraction of sp³-hybridized carbons (Fsp3) is 0.611. The Kier molecular flexibility index (Phi) is 3.55. The van der Waals surface area contributed by atoms with Crippen molar-refractivity contribution < 1.29 is 18.3 Å². The molecule has 1 amide bonds. The van der Waals surface area contributed by atoms with E-state index in [2.05, 4.69) is 10.0 Å². The largest absolute Gasteiger partial charge is 0.396 e. The molecular formula is C18H21ClN2O4S. The maximum Gasteiger partial charge on any atom is 0.242 e. The number of rotatable bonds is 4. The molecule has 0 spiro atoms. The molecule has 6 nitrogen and oxygen atoms in total. The molecule has 1 aromatic rings. The summed E-state index contributed by atoms with van der Waals surface area (Å²) in [5.74, 6) is 1.09. The Balaban J connectivity index is 1.48. The summed E-state index contributed by atoms with van der Waals surface area (Å²) in [6, 6.07) is 2.89. The standard InChI is InChI=1S/C18H21ClN2O4S/c19-13-6-9-2-1-3-16(23)20-14(9)7-15(13)26(24,25)21-17-10-4-11-12(5-10)18(11,17)8-22/h6-7,10-12,17,21-22H,1-5,8H2,(H,20,23). The van der Waals surface area contributed by atoms with E-state index in [-0.39, 0.29) is 33.9 Å². The van der Waals surface area contributed by atoms with E-state index < -0.39 is 10.0 Å². The zero-order valence-corrected chi connectivity index (χ0v) is 15.7. The number of aryl methyl sites for hydroxylation is 1. The SMILES string of the molecule is O=C1CCCc2cc(Cl)c(S(=O)(=O)NC3C4CC5C(C4)C53CO)cc2N1. The molecule has 0 saturated heterocycles. The topological polar surface area (TPSA) is 95.5 Å². The first-order chi connectivity index (χ1) is 12.4. The van der Waals surface area contributed by atoms with Gasteiger partial charge < -0.3 is 10.4 Å². The highest BCUT2D eigenvalue weighted by atomic mass is 35.5. The second-order valence-electron chi connectivity index (χ2n) is 8.16. The van der Waals surface area contributed by atoms with Crippen LogP contribution >= 0.6 is 11.6 Å². The summed E-state index contributed by atoms with van der Waals surface area (Å²) in [5, 5.41) is 12.8.